The van der Waals surface area contributed by atoms with E-state index in [-0.39, 0.29) is 6.61 Å². The number of methoxy groups -OCH3 is 1. The number of hydrogen-bond donors (Lipinski definition) is 0. The smallest absolute Gasteiger partial charge is 0.322 e. The van der Waals surface area contributed by atoms with Gasteiger partial charge in [0.15, 0.2) is 0 Å². The second-order valence-electron chi connectivity index (χ2n) is 3.05. The second kappa shape index (κ2) is 6.48. The van der Waals surface area contributed by atoms with Gasteiger partial charge in [0.25, 0.3) is 0 Å². The van der Waals surface area contributed by atoms with E-state index in [2.05, 4.69) is 20.7 Å². The van der Waals surface area contributed by atoms with Crippen LogP contribution in [0, 0.1) is 11.3 Å². The van der Waals surface area contributed by atoms with Gasteiger partial charge in [-0.15, -0.1) is 0 Å². The first-order chi connectivity index (χ1) is 8.08. The van der Waals surface area contributed by atoms with Gasteiger partial charge in [-0.2, -0.15) is 5.26 Å². The van der Waals surface area contributed by atoms with Crippen LogP contribution in [0.15, 0.2) is 18.2 Å². The van der Waals surface area contributed by atoms with Crippen molar-refractivity contribution < 1.29 is 14.3 Å². The summed E-state index contributed by atoms with van der Waals surface area (Å²) in [5.74, 6) is -0.0983. The van der Waals surface area contributed by atoms with Crippen LogP contribution in [0.4, 0.5) is 0 Å². The van der Waals surface area contributed by atoms with Gasteiger partial charge in [0, 0.05) is 11.1 Å². The van der Waals surface area contributed by atoms with Crippen LogP contribution in [0.5, 0.6) is 5.75 Å². The molecule has 90 valence electrons. The highest BCUT2D eigenvalue weighted by molar-refractivity contribution is 9.10. The summed E-state index contributed by atoms with van der Waals surface area (Å²) in [7, 11) is 1.29. The van der Waals surface area contributed by atoms with E-state index in [1.165, 1.54) is 13.2 Å². The van der Waals surface area contributed by atoms with Crippen LogP contribution in [-0.2, 0) is 9.53 Å². The fourth-order valence-electron chi connectivity index (χ4n) is 1.07. The van der Waals surface area contributed by atoms with Crippen molar-refractivity contribution in [2.45, 2.75) is 4.83 Å². The molecular weight excluding hydrogens is 309 g/mol. The highest BCUT2D eigenvalue weighted by Gasteiger charge is 2.16. The zero-order chi connectivity index (χ0) is 12.8. The number of nitrogens with zero attached hydrogens (tertiary/aromatic N) is 1. The van der Waals surface area contributed by atoms with E-state index in [4.69, 9.17) is 21.6 Å². The Kier molecular flexibility index (Phi) is 5.26. The van der Waals surface area contributed by atoms with Crippen LogP contribution in [0.2, 0.25) is 5.02 Å². The molecule has 0 aliphatic rings. The Hall–Kier alpha value is -1.25. The van der Waals surface area contributed by atoms with Gasteiger partial charge in [-0.3, -0.25) is 4.79 Å². The number of benzene rings is 1. The van der Waals surface area contributed by atoms with Crippen molar-refractivity contribution >= 4 is 33.5 Å². The summed E-state index contributed by atoms with van der Waals surface area (Å²) in [5.41, 5.74) is 0.360. The molecule has 4 nitrogen and oxygen atoms in total. The molecule has 0 aliphatic carbocycles. The minimum atomic E-state index is -0.585. The average molecular weight is 319 g/mol. The summed E-state index contributed by atoms with van der Waals surface area (Å²) in [6.07, 6.45) is 0. The Morgan fingerprint density at radius 1 is 1.65 bits per heavy atom. The third-order valence-corrected chi connectivity index (χ3v) is 2.78. The largest absolute Gasteiger partial charge is 0.490 e. The van der Waals surface area contributed by atoms with Gasteiger partial charge in [-0.1, -0.05) is 27.5 Å². The quantitative estimate of drug-likeness (QED) is 0.632. The van der Waals surface area contributed by atoms with Crippen molar-refractivity contribution in [3.63, 3.8) is 0 Å². The number of esters is 1. The summed E-state index contributed by atoms with van der Waals surface area (Å²) >= 11 is 8.90. The molecule has 0 amide bonds. The van der Waals surface area contributed by atoms with E-state index in [9.17, 15) is 4.79 Å². The first-order valence-electron chi connectivity index (χ1n) is 4.63. The zero-order valence-corrected chi connectivity index (χ0v) is 11.3. The van der Waals surface area contributed by atoms with Crippen molar-refractivity contribution in [1.82, 2.24) is 0 Å². The number of carbonyl (C=O) groups excluding carboxylic acids is 1. The SMILES string of the molecule is COC(=O)C(Br)COc1cc(Cl)ccc1C#N. The molecule has 1 rings (SSSR count). The molecule has 0 spiro atoms. The number of ether oxygens (including phenoxy) is 2. The number of rotatable bonds is 4. The molecule has 1 unspecified atom stereocenters. The maximum Gasteiger partial charge on any atom is 0.322 e. The van der Waals surface area contributed by atoms with Gasteiger partial charge in [0.1, 0.15) is 23.3 Å². The molecular formula is C11H9BrClNO3. The van der Waals surface area contributed by atoms with Crippen molar-refractivity contribution in [2.24, 2.45) is 0 Å². The number of alkyl halides is 1. The van der Waals surface area contributed by atoms with Gasteiger partial charge < -0.3 is 9.47 Å². The van der Waals surface area contributed by atoms with Gasteiger partial charge in [-0.25, -0.2) is 0 Å². The molecule has 1 aromatic rings. The molecule has 17 heavy (non-hydrogen) atoms. The molecule has 1 atom stereocenters. The molecule has 0 aliphatic heterocycles. The Balaban J connectivity index is 2.72. The highest BCUT2D eigenvalue weighted by Crippen LogP contribution is 2.23. The summed E-state index contributed by atoms with van der Waals surface area (Å²) in [6.45, 7) is 0.0572. The fourth-order valence-corrected chi connectivity index (χ4v) is 1.55. The number of hydrogen-bond acceptors (Lipinski definition) is 4. The van der Waals surface area contributed by atoms with Crippen LogP contribution in [-0.4, -0.2) is 24.5 Å². The molecule has 6 heteroatoms. The van der Waals surface area contributed by atoms with Crippen molar-refractivity contribution in [2.75, 3.05) is 13.7 Å². The average Bonchev–Trinajstić information content (AvgIpc) is 2.35. The maximum atomic E-state index is 11.1. The van der Waals surface area contributed by atoms with Crippen LogP contribution in [0.1, 0.15) is 5.56 Å². The van der Waals surface area contributed by atoms with E-state index < -0.39 is 10.8 Å². The van der Waals surface area contributed by atoms with E-state index >= 15 is 0 Å². The van der Waals surface area contributed by atoms with E-state index in [1.807, 2.05) is 6.07 Å². The van der Waals surface area contributed by atoms with E-state index in [0.717, 1.165) is 0 Å². The lowest BCUT2D eigenvalue weighted by Gasteiger charge is -2.11. The topological polar surface area (TPSA) is 59.3 Å². The van der Waals surface area contributed by atoms with Gasteiger partial charge in [-0.05, 0) is 12.1 Å². The van der Waals surface area contributed by atoms with Crippen molar-refractivity contribution in [3.8, 4) is 11.8 Å². The van der Waals surface area contributed by atoms with Gasteiger partial charge in [0.05, 0.1) is 12.7 Å². The van der Waals surface area contributed by atoms with Crippen LogP contribution in [0.25, 0.3) is 0 Å². The Morgan fingerprint density at radius 2 is 2.35 bits per heavy atom. The molecule has 0 bridgehead atoms. The Morgan fingerprint density at radius 3 is 2.94 bits per heavy atom. The summed E-state index contributed by atoms with van der Waals surface area (Å²) in [4.78, 5) is 10.5. The molecule has 0 radical (unpaired) electrons. The van der Waals surface area contributed by atoms with Crippen LogP contribution >= 0.6 is 27.5 Å². The predicted molar refractivity (Wildman–Crippen MR) is 66.4 cm³/mol. The van der Waals surface area contributed by atoms with E-state index in [0.29, 0.717) is 16.3 Å². The molecule has 0 heterocycles. The maximum absolute atomic E-state index is 11.1. The van der Waals surface area contributed by atoms with Crippen LogP contribution < -0.4 is 4.74 Å². The fraction of sp³-hybridized carbons (Fsp3) is 0.273. The monoisotopic (exact) mass is 317 g/mol. The molecule has 0 aromatic heterocycles. The standard InChI is InChI=1S/C11H9BrClNO3/c1-16-11(15)9(12)6-17-10-4-8(13)3-2-7(10)5-14/h2-4,9H,6H2,1H3. The third-order valence-electron chi connectivity index (χ3n) is 1.91. The zero-order valence-electron chi connectivity index (χ0n) is 8.94. The molecule has 0 saturated carbocycles. The Labute approximate surface area is 112 Å². The summed E-state index contributed by atoms with van der Waals surface area (Å²) in [6, 6.07) is 6.65. The lowest BCUT2D eigenvalue weighted by molar-refractivity contribution is -0.140. The Bertz CT molecular complexity index is 459. The second-order valence-corrected chi connectivity index (χ2v) is 4.60. The van der Waals surface area contributed by atoms with Crippen molar-refractivity contribution in [1.29, 1.82) is 5.26 Å². The van der Waals surface area contributed by atoms with Crippen molar-refractivity contribution in [3.05, 3.63) is 28.8 Å². The lowest BCUT2D eigenvalue weighted by atomic mass is 10.2. The highest BCUT2D eigenvalue weighted by atomic mass is 79.9. The first-order valence-corrected chi connectivity index (χ1v) is 5.92. The minimum absolute atomic E-state index is 0.0572. The van der Waals surface area contributed by atoms with Gasteiger partial charge >= 0.3 is 5.97 Å². The predicted octanol–water partition coefficient (Wildman–Crippen LogP) is 2.53. The number of halogens is 2. The summed E-state index contributed by atoms with van der Waals surface area (Å²) < 4.78 is 9.86. The van der Waals surface area contributed by atoms with Gasteiger partial charge in [0.2, 0.25) is 0 Å². The van der Waals surface area contributed by atoms with Crippen LogP contribution in [0.3, 0.4) is 0 Å². The molecule has 0 saturated heterocycles. The minimum Gasteiger partial charge on any atom is -0.490 e. The lowest BCUT2D eigenvalue weighted by Crippen LogP contribution is -2.23. The normalized spacial score (nSPS) is 11.4. The molecule has 0 N–H and O–H groups in total. The number of carbonyl (C=O) groups is 1. The number of nitriles is 1. The third kappa shape index (κ3) is 3.91. The molecule has 1 aromatic carbocycles. The van der Waals surface area contributed by atoms with E-state index in [1.54, 1.807) is 12.1 Å². The first kappa shape index (κ1) is 13.8. The molecule has 0 fully saturated rings. The summed E-state index contributed by atoms with van der Waals surface area (Å²) in [5, 5.41) is 9.31.